The molecule has 0 radical (unpaired) electrons. The minimum Gasteiger partial charge on any atom is -0.385 e. The van der Waals surface area contributed by atoms with Gasteiger partial charge in [-0.1, -0.05) is 18.2 Å². The number of aromatic nitrogens is 1. The normalized spacial score (nSPS) is 13.6. The molecule has 0 saturated heterocycles. The maximum atomic E-state index is 11.1. The van der Waals surface area contributed by atoms with Crippen LogP contribution in [0.1, 0.15) is 31.1 Å². The minimum absolute atomic E-state index is 0.105. The molecule has 0 unspecified atom stereocenters. The first kappa shape index (κ1) is 14.8. The lowest BCUT2D eigenvalue weighted by molar-refractivity contribution is -0.722. The van der Waals surface area contributed by atoms with Gasteiger partial charge in [0.1, 0.15) is 12.6 Å². The summed E-state index contributed by atoms with van der Waals surface area (Å²) in [5, 5.41) is 13.2. The molecule has 0 spiro atoms. The van der Waals surface area contributed by atoms with Gasteiger partial charge < -0.3 is 15.0 Å². The van der Waals surface area contributed by atoms with Crippen molar-refractivity contribution >= 4 is 17.2 Å². The standard InChI is InChI=1S/C16H22N2O2/c1-16(2,3)17-8-13(20)10-18-9-12(11-19)14-6-4-5-7-15(14)18/h4-7,9,11,13,17,20H,8,10H2,1-3H3/p+1/t13-/m0/s1. The summed E-state index contributed by atoms with van der Waals surface area (Å²) in [6.07, 6.45) is 2.24. The van der Waals surface area contributed by atoms with E-state index in [1.807, 2.05) is 35.0 Å². The lowest BCUT2D eigenvalue weighted by Crippen LogP contribution is -2.96. The topological polar surface area (TPSA) is 58.8 Å². The van der Waals surface area contributed by atoms with E-state index in [0.717, 1.165) is 17.2 Å². The van der Waals surface area contributed by atoms with Crippen LogP contribution in [0.5, 0.6) is 0 Å². The highest BCUT2D eigenvalue weighted by molar-refractivity contribution is 5.97. The maximum absolute atomic E-state index is 11.1. The van der Waals surface area contributed by atoms with E-state index in [2.05, 4.69) is 26.1 Å². The summed E-state index contributed by atoms with van der Waals surface area (Å²) in [7, 11) is 0. The van der Waals surface area contributed by atoms with Crippen LogP contribution in [0.2, 0.25) is 0 Å². The van der Waals surface area contributed by atoms with Crippen LogP contribution >= 0.6 is 0 Å². The van der Waals surface area contributed by atoms with Crippen LogP contribution in [0.25, 0.3) is 10.9 Å². The number of carbonyl (C=O) groups is 1. The van der Waals surface area contributed by atoms with Crippen molar-refractivity contribution in [1.82, 2.24) is 4.57 Å². The molecular formula is C16H23N2O2+. The zero-order valence-corrected chi connectivity index (χ0v) is 12.3. The molecule has 4 nitrogen and oxygen atoms in total. The predicted molar refractivity (Wildman–Crippen MR) is 79.9 cm³/mol. The highest BCUT2D eigenvalue weighted by Crippen LogP contribution is 2.20. The number of para-hydroxylation sites is 1. The van der Waals surface area contributed by atoms with Gasteiger partial charge >= 0.3 is 0 Å². The molecular weight excluding hydrogens is 252 g/mol. The highest BCUT2D eigenvalue weighted by atomic mass is 16.3. The summed E-state index contributed by atoms with van der Waals surface area (Å²) in [5.41, 5.74) is 1.77. The average Bonchev–Trinajstić information content (AvgIpc) is 2.74. The number of quaternary nitrogens is 1. The van der Waals surface area contributed by atoms with Crippen molar-refractivity contribution in [2.45, 2.75) is 39.0 Å². The molecule has 108 valence electrons. The Labute approximate surface area is 119 Å². The molecule has 1 aromatic carbocycles. The van der Waals surface area contributed by atoms with E-state index >= 15 is 0 Å². The average molecular weight is 275 g/mol. The number of aliphatic hydroxyl groups is 1. The van der Waals surface area contributed by atoms with E-state index in [1.165, 1.54) is 0 Å². The summed E-state index contributed by atoms with van der Waals surface area (Å²) in [6.45, 7) is 7.51. The van der Waals surface area contributed by atoms with Crippen LogP contribution in [-0.4, -0.2) is 34.1 Å². The molecule has 2 aromatic rings. The Balaban J connectivity index is 2.15. The van der Waals surface area contributed by atoms with Gasteiger partial charge in [0.25, 0.3) is 0 Å². The van der Waals surface area contributed by atoms with Gasteiger partial charge in [0.15, 0.2) is 6.29 Å². The van der Waals surface area contributed by atoms with E-state index in [0.29, 0.717) is 18.7 Å². The lowest BCUT2D eigenvalue weighted by Gasteiger charge is -2.20. The number of aliphatic hydroxyl groups excluding tert-OH is 1. The Morgan fingerprint density at radius 2 is 2.05 bits per heavy atom. The number of fused-ring (bicyclic) bond motifs is 1. The van der Waals surface area contributed by atoms with E-state index in [9.17, 15) is 9.90 Å². The molecule has 1 heterocycles. The molecule has 0 fully saturated rings. The minimum atomic E-state index is -0.440. The Kier molecular flexibility index (Phi) is 4.26. The van der Waals surface area contributed by atoms with Gasteiger partial charge in [-0.05, 0) is 26.8 Å². The first-order chi connectivity index (χ1) is 9.40. The molecule has 0 bridgehead atoms. The van der Waals surface area contributed by atoms with Gasteiger partial charge in [0.05, 0.1) is 12.1 Å². The van der Waals surface area contributed by atoms with E-state index < -0.39 is 6.10 Å². The lowest BCUT2D eigenvalue weighted by atomic mass is 10.1. The fraction of sp³-hybridized carbons (Fsp3) is 0.438. The number of aldehydes is 1. The van der Waals surface area contributed by atoms with Gasteiger partial charge in [0, 0.05) is 22.7 Å². The molecule has 1 atom stereocenters. The second-order valence-corrected chi connectivity index (χ2v) is 6.33. The number of benzene rings is 1. The van der Waals surface area contributed by atoms with Crippen molar-refractivity contribution in [3.05, 3.63) is 36.0 Å². The summed E-state index contributed by atoms with van der Waals surface area (Å²) >= 11 is 0. The largest absolute Gasteiger partial charge is 0.385 e. The molecule has 20 heavy (non-hydrogen) atoms. The van der Waals surface area contributed by atoms with Crippen molar-refractivity contribution in [1.29, 1.82) is 0 Å². The quantitative estimate of drug-likeness (QED) is 0.805. The maximum Gasteiger partial charge on any atom is 0.152 e. The van der Waals surface area contributed by atoms with Crippen LogP contribution < -0.4 is 5.32 Å². The van der Waals surface area contributed by atoms with Crippen molar-refractivity contribution < 1.29 is 15.2 Å². The molecule has 0 aliphatic carbocycles. The summed E-state index contributed by atoms with van der Waals surface area (Å²) < 4.78 is 1.96. The number of rotatable bonds is 5. The van der Waals surface area contributed by atoms with Crippen molar-refractivity contribution in [3.63, 3.8) is 0 Å². The number of hydrogen-bond donors (Lipinski definition) is 2. The van der Waals surface area contributed by atoms with Crippen LogP contribution in [0.3, 0.4) is 0 Å². The Bertz CT molecular complexity index is 596. The molecule has 3 N–H and O–H groups in total. The number of carbonyl (C=O) groups excluding carboxylic acids is 1. The number of hydrogen-bond acceptors (Lipinski definition) is 2. The van der Waals surface area contributed by atoms with Gasteiger partial charge in [-0.2, -0.15) is 0 Å². The van der Waals surface area contributed by atoms with Crippen LogP contribution in [0.4, 0.5) is 0 Å². The van der Waals surface area contributed by atoms with Crippen LogP contribution in [-0.2, 0) is 6.54 Å². The Morgan fingerprint density at radius 3 is 2.70 bits per heavy atom. The fourth-order valence-electron chi connectivity index (χ4n) is 2.31. The summed E-state index contributed by atoms with van der Waals surface area (Å²) in [6, 6.07) is 7.77. The first-order valence-corrected chi connectivity index (χ1v) is 6.96. The number of nitrogens with two attached hydrogens (primary N) is 1. The molecule has 0 aliphatic heterocycles. The van der Waals surface area contributed by atoms with Crippen LogP contribution in [0.15, 0.2) is 30.5 Å². The summed E-state index contributed by atoms with van der Waals surface area (Å²) in [5.74, 6) is 0. The van der Waals surface area contributed by atoms with Crippen molar-refractivity contribution in [3.8, 4) is 0 Å². The van der Waals surface area contributed by atoms with E-state index in [-0.39, 0.29) is 5.54 Å². The second-order valence-electron chi connectivity index (χ2n) is 6.33. The Morgan fingerprint density at radius 1 is 1.35 bits per heavy atom. The van der Waals surface area contributed by atoms with Gasteiger partial charge in [-0.3, -0.25) is 4.79 Å². The van der Waals surface area contributed by atoms with Gasteiger partial charge in [-0.15, -0.1) is 0 Å². The third kappa shape index (κ3) is 3.46. The predicted octanol–water partition coefficient (Wildman–Crippen LogP) is 1.18. The van der Waals surface area contributed by atoms with E-state index in [4.69, 9.17) is 0 Å². The molecule has 4 heteroatoms. The first-order valence-electron chi connectivity index (χ1n) is 6.96. The molecule has 0 aliphatic rings. The van der Waals surface area contributed by atoms with Crippen molar-refractivity contribution in [2.24, 2.45) is 0 Å². The third-order valence-corrected chi connectivity index (χ3v) is 3.36. The molecule has 0 amide bonds. The molecule has 0 saturated carbocycles. The SMILES string of the molecule is CC(C)(C)[NH2+]C[C@H](O)Cn1cc(C=O)c2ccccc21. The Hall–Kier alpha value is -1.65. The van der Waals surface area contributed by atoms with Crippen LogP contribution in [0, 0.1) is 0 Å². The summed E-state index contributed by atoms with van der Waals surface area (Å²) in [4.78, 5) is 11.1. The zero-order chi connectivity index (χ0) is 14.8. The molecule has 2 rings (SSSR count). The van der Waals surface area contributed by atoms with Crippen molar-refractivity contribution in [2.75, 3.05) is 6.54 Å². The smallest absolute Gasteiger partial charge is 0.152 e. The fourth-order valence-corrected chi connectivity index (χ4v) is 2.31. The van der Waals surface area contributed by atoms with Gasteiger partial charge in [0.2, 0.25) is 0 Å². The molecule has 1 aromatic heterocycles. The third-order valence-electron chi connectivity index (χ3n) is 3.36. The number of nitrogens with zero attached hydrogens (tertiary/aromatic N) is 1. The van der Waals surface area contributed by atoms with Gasteiger partial charge in [-0.25, -0.2) is 0 Å². The van der Waals surface area contributed by atoms with E-state index in [1.54, 1.807) is 0 Å². The monoisotopic (exact) mass is 275 g/mol. The second kappa shape index (κ2) is 5.77. The zero-order valence-electron chi connectivity index (χ0n) is 12.3. The highest BCUT2D eigenvalue weighted by Gasteiger charge is 2.17.